The molecule has 0 radical (unpaired) electrons. The predicted octanol–water partition coefficient (Wildman–Crippen LogP) is -4.75. The van der Waals surface area contributed by atoms with E-state index >= 15 is 0 Å². The van der Waals surface area contributed by atoms with Gasteiger partial charge >= 0.3 is 109 Å². The van der Waals surface area contributed by atoms with Gasteiger partial charge in [0, 0.05) is 67.3 Å². The number of aliphatic imine (C=N–C) groups is 1. The third kappa shape index (κ3) is 11.3. The Hall–Kier alpha value is -0.825. The van der Waals surface area contributed by atoms with E-state index in [0.29, 0.717) is 44.8 Å². The standard InChI is InChI=1S/C37H47N5O9S.2K.Pd/c1-8-22-17(2)25-16-30-33(21(6)43)19(4)27(40-30)14-26-18(3)23(9-10-31(44)45)35(41-26)24(13-32(46)51-7)36-34(37(47)38-11-12-52(48,49)50)20(5)28(42-36)15-29(22)39-25;;;/h14-18,22-23,29H,8-13H2,1-7H3,(H6,38,39,40,41,42,43,44,45,47,48,49,50);;;/q;2*+1;/p-5/t17?,18?,22-,23+,29?;;;/m1.../s1. The fourth-order valence-corrected chi connectivity index (χ4v) is 7.89. The number of aromatic nitrogens is 2. The Morgan fingerprint density at radius 1 is 1.00 bits per heavy atom. The van der Waals surface area contributed by atoms with E-state index in [-0.39, 0.29) is 177 Å². The molecule has 1 fully saturated rings. The Kier molecular flexibility index (Phi) is 19.1. The average Bonchev–Trinajstić information content (AvgIpc) is 3.74. The zero-order valence-corrected chi connectivity index (χ0v) is 41.2. The van der Waals surface area contributed by atoms with Gasteiger partial charge in [-0.2, -0.15) is 5.70 Å². The van der Waals surface area contributed by atoms with Gasteiger partial charge in [-0.25, -0.2) is 8.42 Å². The molecule has 55 heavy (non-hydrogen) atoms. The number of carbonyl (C=O) groups is 4. The molecule has 2 aromatic heterocycles. The number of amides is 1. The monoisotopic (exact) mass is 916 g/mol. The molecule has 8 bridgehead atoms. The van der Waals surface area contributed by atoms with E-state index in [1.807, 2.05) is 26.0 Å². The van der Waals surface area contributed by atoms with Crippen molar-refractivity contribution in [1.29, 1.82) is 0 Å². The molecule has 1 N–H and O–H groups in total. The maximum absolute atomic E-state index is 13.9. The van der Waals surface area contributed by atoms with Gasteiger partial charge in [-0.05, 0) is 51.0 Å². The SMILES string of the molecule is CC[C@H]1C2C=c3[n-]c(c(C(=O)NCCS(=O)(=O)[O-])c3C)=C(CC(=O)OC)C3=NC(=Cc4[n-]c(c(C(C)=O)c4C)C=C([N-]2)C1C)C(C)[C@@H]3CCC(=O)[O-].[K+].[K+].[Pd]. The number of nitrogens with zero attached hydrogens (tertiary/aromatic N) is 4. The second-order valence-electron chi connectivity index (χ2n) is 13.6. The van der Waals surface area contributed by atoms with E-state index in [9.17, 15) is 37.3 Å². The molecule has 3 unspecified atom stereocenters. The summed E-state index contributed by atoms with van der Waals surface area (Å²) in [6.45, 7) is 10.5. The van der Waals surface area contributed by atoms with Gasteiger partial charge in [0.1, 0.15) is 0 Å². The molecule has 0 saturated carbocycles. The Morgan fingerprint density at radius 2 is 1.67 bits per heavy atom. The quantitative estimate of drug-likeness (QED) is 0.0976. The number of hydrogen-bond acceptors (Lipinski definition) is 10. The smallest absolute Gasteiger partial charge is 0.748 e. The van der Waals surface area contributed by atoms with Crippen LogP contribution in [0.3, 0.4) is 0 Å². The maximum Gasteiger partial charge on any atom is 1.00 e. The van der Waals surface area contributed by atoms with Crippen LogP contribution in [0.15, 0.2) is 16.4 Å². The van der Waals surface area contributed by atoms with Crippen molar-refractivity contribution in [2.24, 2.45) is 28.7 Å². The predicted molar refractivity (Wildman–Crippen MR) is 190 cm³/mol. The van der Waals surface area contributed by atoms with Crippen LogP contribution in [0.4, 0.5) is 0 Å². The molecule has 1 amide bonds. The molecule has 0 aromatic carbocycles. The third-order valence-electron chi connectivity index (χ3n) is 10.4. The molecule has 5 atom stereocenters. The number of allylic oxidation sites excluding steroid dienone is 2. The maximum atomic E-state index is 13.9. The molecule has 14 nitrogen and oxygen atoms in total. The van der Waals surface area contributed by atoms with Crippen molar-refractivity contribution in [3.05, 3.63) is 61.1 Å². The minimum absolute atomic E-state index is 0. The second-order valence-corrected chi connectivity index (χ2v) is 15.1. The van der Waals surface area contributed by atoms with Gasteiger partial charge in [-0.1, -0.05) is 56.5 Å². The minimum atomic E-state index is -4.64. The number of hydrogen-bond donors (Lipinski definition) is 1. The van der Waals surface area contributed by atoms with E-state index < -0.39 is 58.1 Å². The van der Waals surface area contributed by atoms with Crippen molar-refractivity contribution in [2.45, 2.75) is 73.3 Å². The van der Waals surface area contributed by atoms with Crippen LogP contribution in [0.2, 0.25) is 0 Å². The largest absolute Gasteiger partial charge is 1.00 e. The van der Waals surface area contributed by atoms with E-state index in [1.54, 1.807) is 19.9 Å². The molecule has 3 aliphatic rings. The molecule has 290 valence electrons. The number of nitrogens with one attached hydrogen (secondary N) is 1. The summed E-state index contributed by atoms with van der Waals surface area (Å²) < 4.78 is 39.1. The van der Waals surface area contributed by atoms with Crippen molar-refractivity contribution in [2.75, 3.05) is 19.4 Å². The zero-order chi connectivity index (χ0) is 38.2. The van der Waals surface area contributed by atoms with Gasteiger partial charge in [0.05, 0.1) is 29.4 Å². The molecule has 5 rings (SSSR count). The van der Waals surface area contributed by atoms with Gasteiger partial charge in [-0.15, -0.1) is 28.2 Å². The first-order chi connectivity index (χ1) is 24.4. The fraction of sp³-hybridized carbons (Fsp3) is 0.486. The molecule has 18 heteroatoms. The molecular weight excluding hydrogens is 875 g/mol. The van der Waals surface area contributed by atoms with Crippen LogP contribution >= 0.6 is 0 Å². The van der Waals surface area contributed by atoms with Gasteiger partial charge in [0.25, 0.3) is 0 Å². The van der Waals surface area contributed by atoms with Crippen molar-refractivity contribution < 1.29 is 165 Å². The molecule has 0 spiro atoms. The Morgan fingerprint density at radius 3 is 2.25 bits per heavy atom. The Labute approximate surface area is 420 Å². The van der Waals surface area contributed by atoms with Crippen molar-refractivity contribution in [1.82, 2.24) is 15.3 Å². The summed E-state index contributed by atoms with van der Waals surface area (Å²) in [7, 11) is -3.42. The van der Waals surface area contributed by atoms with Gasteiger partial charge < -0.3 is 39.8 Å². The number of Topliss-reactive ketones (excluding diaryl/α,β-unsaturated/α-hetero) is 1. The van der Waals surface area contributed by atoms with Gasteiger partial charge in [-0.3, -0.25) is 19.4 Å². The second kappa shape index (κ2) is 20.9. The first kappa shape index (κ1) is 50.3. The third-order valence-corrected chi connectivity index (χ3v) is 11.1. The number of aliphatic carboxylic acids is 1. The van der Waals surface area contributed by atoms with E-state index in [1.165, 1.54) is 14.0 Å². The summed E-state index contributed by atoms with van der Waals surface area (Å²) >= 11 is 0. The van der Waals surface area contributed by atoms with Crippen LogP contribution in [0, 0.1) is 37.5 Å². The molecule has 0 aliphatic carbocycles. The summed E-state index contributed by atoms with van der Waals surface area (Å²) in [6.07, 6.45) is 5.56. The van der Waals surface area contributed by atoms with Crippen LogP contribution in [0.25, 0.3) is 29.1 Å². The van der Waals surface area contributed by atoms with Crippen LogP contribution in [-0.2, 0) is 44.9 Å². The van der Waals surface area contributed by atoms with Gasteiger partial charge in [0.2, 0.25) is 5.91 Å². The van der Waals surface area contributed by atoms with E-state index in [2.05, 4.69) is 12.2 Å². The number of carbonyl (C=O) groups excluding carboxylic acids is 4. The molecule has 2 aromatic rings. The fourth-order valence-electron chi connectivity index (χ4n) is 7.54. The molecular formula is C37H42K2N5O9PdS-3. The topological polar surface area (TPSA) is 224 Å². The normalized spacial score (nSPS) is 21.3. The average molecular weight is 917 g/mol. The number of carboxylic acids is 1. The summed E-state index contributed by atoms with van der Waals surface area (Å²) in [6, 6.07) is -0.395. The first-order valence-electron chi connectivity index (χ1n) is 17.2. The van der Waals surface area contributed by atoms with Gasteiger partial charge in [0.15, 0.2) is 5.78 Å². The summed E-state index contributed by atoms with van der Waals surface area (Å²) in [5.74, 6) is -4.66. The van der Waals surface area contributed by atoms with Crippen molar-refractivity contribution in [3.8, 4) is 0 Å². The summed E-state index contributed by atoms with van der Waals surface area (Å²) in [4.78, 5) is 66.5. The number of fused-ring (bicyclic) bond motifs is 7. The van der Waals surface area contributed by atoms with E-state index in [4.69, 9.17) is 25.0 Å². The van der Waals surface area contributed by atoms with Crippen LogP contribution in [-0.4, -0.2) is 67.8 Å². The number of ether oxygens (including phenoxy) is 1. The van der Waals surface area contributed by atoms with Crippen LogP contribution in [0.5, 0.6) is 0 Å². The molecule has 1 saturated heterocycles. The summed E-state index contributed by atoms with van der Waals surface area (Å²) in [5.41, 5.74) is 4.36. The van der Waals surface area contributed by atoms with E-state index in [0.717, 1.165) is 12.1 Å². The van der Waals surface area contributed by atoms with Crippen molar-refractivity contribution in [3.63, 3.8) is 0 Å². The zero-order valence-electron chi connectivity index (χ0n) is 32.5. The Bertz CT molecular complexity index is 2170. The first-order valence-corrected chi connectivity index (χ1v) is 18.8. The number of methoxy groups -OCH3 is 1. The number of rotatable bonds is 11. The number of ketones is 1. The minimum Gasteiger partial charge on any atom is -0.748 e. The van der Waals surface area contributed by atoms with Crippen LogP contribution < -0.4 is 134 Å². The molecule has 3 aliphatic heterocycles. The summed E-state index contributed by atoms with van der Waals surface area (Å²) in [5, 5.41) is 19.8. The number of esters is 1. The number of carboxylic acid groups (broad SMARTS) is 1. The van der Waals surface area contributed by atoms with Crippen LogP contribution in [0.1, 0.15) is 96.6 Å². The molecule has 5 heterocycles. The Balaban J connectivity index is 0.00000348. The van der Waals surface area contributed by atoms with Crippen molar-refractivity contribution >= 4 is 63.3 Å².